The number of carbonyl (C=O) groups excluding carboxylic acids is 1. The molecule has 4 nitrogen and oxygen atoms in total. The second-order valence-corrected chi connectivity index (χ2v) is 4.92. The Morgan fingerprint density at radius 3 is 2.89 bits per heavy atom. The second kappa shape index (κ2) is 6.08. The van der Waals surface area contributed by atoms with E-state index in [0.717, 1.165) is 5.76 Å². The minimum atomic E-state index is -0.355. The van der Waals surface area contributed by atoms with Gasteiger partial charge in [0, 0.05) is 12.5 Å². The van der Waals surface area contributed by atoms with Crippen LogP contribution in [-0.2, 0) is 6.42 Å². The van der Waals surface area contributed by atoms with Gasteiger partial charge in [-0.3, -0.25) is 4.79 Å². The van der Waals surface area contributed by atoms with Gasteiger partial charge in [0.2, 0.25) is 0 Å². The third-order valence-corrected chi connectivity index (χ3v) is 3.01. The summed E-state index contributed by atoms with van der Waals surface area (Å²) in [4.78, 5) is 15.9. The van der Waals surface area contributed by atoms with Crippen LogP contribution in [0.25, 0.3) is 0 Å². The lowest BCUT2D eigenvalue weighted by Crippen LogP contribution is -2.34. The number of halogens is 2. The summed E-state index contributed by atoms with van der Waals surface area (Å²) in [5, 5.41) is 3.30. The summed E-state index contributed by atoms with van der Waals surface area (Å²) in [6, 6.07) is 6.64. The molecule has 6 heteroatoms. The van der Waals surface area contributed by atoms with Gasteiger partial charge < -0.3 is 9.73 Å². The maximum atomic E-state index is 12.0. The molecule has 100 valence electrons. The predicted octanol–water partition coefficient (Wildman–Crippen LogP) is 3.34. The van der Waals surface area contributed by atoms with Gasteiger partial charge in [-0.1, -0.05) is 23.2 Å². The number of nitrogens with zero attached hydrogens (tertiary/aromatic N) is 1. The van der Waals surface area contributed by atoms with Crippen molar-refractivity contribution in [1.82, 2.24) is 10.3 Å². The Hall–Kier alpha value is -1.52. The van der Waals surface area contributed by atoms with E-state index in [9.17, 15) is 4.79 Å². The average Bonchev–Trinajstić information content (AvgIpc) is 2.84. The fraction of sp³-hybridized carbons (Fsp3) is 0.231. The highest BCUT2D eigenvalue weighted by Crippen LogP contribution is 2.17. The van der Waals surface area contributed by atoms with E-state index >= 15 is 0 Å². The highest BCUT2D eigenvalue weighted by Gasteiger charge is 2.16. The molecule has 1 N–H and O–H groups in total. The highest BCUT2D eigenvalue weighted by molar-refractivity contribution is 6.34. The van der Waals surface area contributed by atoms with Crippen molar-refractivity contribution in [3.63, 3.8) is 0 Å². The molecule has 0 spiro atoms. The van der Waals surface area contributed by atoms with Crippen molar-refractivity contribution in [2.24, 2.45) is 0 Å². The van der Waals surface area contributed by atoms with E-state index < -0.39 is 0 Å². The predicted molar refractivity (Wildman–Crippen MR) is 73.6 cm³/mol. The largest absolute Gasteiger partial charge is 0.469 e. The van der Waals surface area contributed by atoms with Crippen LogP contribution in [0, 0.1) is 0 Å². The number of rotatable bonds is 4. The Bertz CT molecular complexity index is 570. The first-order valence-corrected chi connectivity index (χ1v) is 6.47. The topological polar surface area (TPSA) is 55.1 Å². The van der Waals surface area contributed by atoms with E-state index in [1.54, 1.807) is 18.4 Å². The molecule has 0 saturated carbocycles. The van der Waals surface area contributed by atoms with Crippen molar-refractivity contribution in [3.8, 4) is 0 Å². The SMILES string of the molecule is CC(Cc1ccco1)NC(=O)c1nc(Cl)ccc1Cl. The molecule has 19 heavy (non-hydrogen) atoms. The number of amides is 1. The van der Waals surface area contributed by atoms with E-state index in [2.05, 4.69) is 10.3 Å². The van der Waals surface area contributed by atoms with Gasteiger partial charge in [0.25, 0.3) is 5.91 Å². The molecule has 0 bridgehead atoms. The van der Waals surface area contributed by atoms with Crippen LogP contribution in [-0.4, -0.2) is 16.9 Å². The summed E-state index contributed by atoms with van der Waals surface area (Å²) < 4.78 is 5.22. The molecule has 1 amide bonds. The van der Waals surface area contributed by atoms with Crippen LogP contribution < -0.4 is 5.32 Å². The van der Waals surface area contributed by atoms with Crippen molar-refractivity contribution < 1.29 is 9.21 Å². The lowest BCUT2D eigenvalue weighted by Gasteiger charge is -2.12. The van der Waals surface area contributed by atoms with Gasteiger partial charge in [0.05, 0.1) is 11.3 Å². The molecule has 0 radical (unpaired) electrons. The minimum absolute atomic E-state index is 0.101. The smallest absolute Gasteiger partial charge is 0.271 e. The van der Waals surface area contributed by atoms with E-state index in [4.69, 9.17) is 27.6 Å². The van der Waals surface area contributed by atoms with E-state index in [0.29, 0.717) is 6.42 Å². The maximum Gasteiger partial charge on any atom is 0.271 e. The van der Waals surface area contributed by atoms with E-state index in [-0.39, 0.29) is 27.8 Å². The molecule has 0 fully saturated rings. The Kier molecular flexibility index (Phi) is 4.45. The third kappa shape index (κ3) is 3.72. The molecule has 0 aromatic carbocycles. The number of carbonyl (C=O) groups is 1. The zero-order valence-corrected chi connectivity index (χ0v) is 11.7. The van der Waals surface area contributed by atoms with Crippen molar-refractivity contribution in [2.75, 3.05) is 0 Å². The fourth-order valence-electron chi connectivity index (χ4n) is 1.65. The molecule has 2 heterocycles. The quantitative estimate of drug-likeness (QED) is 0.881. The number of hydrogen-bond acceptors (Lipinski definition) is 3. The normalized spacial score (nSPS) is 12.2. The highest BCUT2D eigenvalue weighted by atomic mass is 35.5. The van der Waals surface area contributed by atoms with Gasteiger partial charge in [-0.05, 0) is 31.2 Å². The molecule has 0 aliphatic rings. The van der Waals surface area contributed by atoms with Crippen molar-refractivity contribution in [1.29, 1.82) is 0 Å². The average molecular weight is 299 g/mol. The minimum Gasteiger partial charge on any atom is -0.469 e. The summed E-state index contributed by atoms with van der Waals surface area (Å²) >= 11 is 11.7. The van der Waals surface area contributed by atoms with Crippen molar-refractivity contribution in [3.05, 3.63) is 52.2 Å². The zero-order chi connectivity index (χ0) is 13.8. The summed E-state index contributed by atoms with van der Waals surface area (Å²) in [6.07, 6.45) is 2.19. The molecule has 2 aromatic heterocycles. The monoisotopic (exact) mass is 298 g/mol. The standard InChI is InChI=1S/C13H12Cl2N2O2/c1-8(7-9-3-2-6-19-9)16-13(18)12-10(14)4-5-11(15)17-12/h2-6,8H,7H2,1H3,(H,16,18). The number of nitrogens with one attached hydrogen (secondary N) is 1. The first kappa shape index (κ1) is 13.9. The molecule has 0 aliphatic carbocycles. The van der Waals surface area contributed by atoms with E-state index in [1.807, 2.05) is 13.0 Å². The fourth-order valence-corrected chi connectivity index (χ4v) is 1.99. The van der Waals surface area contributed by atoms with Crippen LogP contribution in [0.15, 0.2) is 34.9 Å². The van der Waals surface area contributed by atoms with Gasteiger partial charge in [-0.15, -0.1) is 0 Å². The summed E-state index contributed by atoms with van der Waals surface area (Å²) in [5.74, 6) is 0.449. The number of furan rings is 1. The molecule has 1 atom stereocenters. The van der Waals surface area contributed by atoms with Crippen molar-refractivity contribution in [2.45, 2.75) is 19.4 Å². The molecule has 0 saturated heterocycles. The lowest BCUT2D eigenvalue weighted by atomic mass is 10.2. The van der Waals surface area contributed by atoms with Crippen LogP contribution >= 0.6 is 23.2 Å². The third-order valence-electron chi connectivity index (χ3n) is 2.49. The maximum absolute atomic E-state index is 12.0. The number of aromatic nitrogens is 1. The van der Waals surface area contributed by atoms with Crippen LogP contribution in [0.2, 0.25) is 10.2 Å². The van der Waals surface area contributed by atoms with Gasteiger partial charge >= 0.3 is 0 Å². The second-order valence-electron chi connectivity index (χ2n) is 4.12. The van der Waals surface area contributed by atoms with Crippen LogP contribution in [0.5, 0.6) is 0 Å². The van der Waals surface area contributed by atoms with Gasteiger partial charge in [0.15, 0.2) is 0 Å². The van der Waals surface area contributed by atoms with Crippen molar-refractivity contribution >= 4 is 29.1 Å². The van der Waals surface area contributed by atoms with Gasteiger partial charge in [-0.25, -0.2) is 4.98 Å². The molecule has 0 aliphatic heterocycles. The lowest BCUT2D eigenvalue weighted by molar-refractivity contribution is 0.0934. The summed E-state index contributed by atoms with van der Waals surface area (Å²) in [6.45, 7) is 1.87. The molecule has 1 unspecified atom stereocenters. The van der Waals surface area contributed by atoms with Crippen LogP contribution in [0.4, 0.5) is 0 Å². The molecule has 2 aromatic rings. The first-order valence-electron chi connectivity index (χ1n) is 5.71. The molecular formula is C13H12Cl2N2O2. The van der Waals surface area contributed by atoms with Gasteiger partial charge in [0.1, 0.15) is 16.6 Å². The Labute approximate surface area is 120 Å². The van der Waals surface area contributed by atoms with Gasteiger partial charge in [-0.2, -0.15) is 0 Å². The Morgan fingerprint density at radius 1 is 1.42 bits per heavy atom. The van der Waals surface area contributed by atoms with Crippen LogP contribution in [0.3, 0.4) is 0 Å². The zero-order valence-electron chi connectivity index (χ0n) is 10.2. The Balaban J connectivity index is 2.02. The summed E-state index contributed by atoms with van der Waals surface area (Å²) in [5.41, 5.74) is 0.125. The van der Waals surface area contributed by atoms with Crippen LogP contribution in [0.1, 0.15) is 23.2 Å². The Morgan fingerprint density at radius 2 is 2.21 bits per heavy atom. The number of pyridine rings is 1. The van der Waals surface area contributed by atoms with E-state index in [1.165, 1.54) is 6.07 Å². The first-order chi connectivity index (χ1) is 9.06. The summed E-state index contributed by atoms with van der Waals surface area (Å²) in [7, 11) is 0. The molecule has 2 rings (SSSR count). The molecular weight excluding hydrogens is 287 g/mol. The number of hydrogen-bond donors (Lipinski definition) is 1.